The highest BCUT2D eigenvalue weighted by Gasteiger charge is 2.33. The molecule has 0 aliphatic carbocycles. The third kappa shape index (κ3) is 2.84. The minimum Gasteiger partial charge on any atom is -0.411 e. The minimum absolute atomic E-state index is 0.462. The van der Waals surface area contributed by atoms with Crippen molar-refractivity contribution in [2.45, 2.75) is 31.5 Å². The molecule has 2 rings (SSSR count). The predicted molar refractivity (Wildman–Crippen MR) is 87.0 cm³/mol. The highest BCUT2D eigenvalue weighted by Crippen LogP contribution is 2.35. The van der Waals surface area contributed by atoms with Crippen molar-refractivity contribution in [1.82, 2.24) is 0 Å². The Hall–Kier alpha value is -1.70. The fraction of sp³-hybridized carbons (Fsp3) is 0.294. The van der Waals surface area contributed by atoms with Crippen molar-refractivity contribution in [3.63, 3.8) is 0 Å². The van der Waals surface area contributed by atoms with Crippen LogP contribution >= 0.6 is 0 Å². The van der Waals surface area contributed by atoms with Crippen molar-refractivity contribution in [2.24, 2.45) is 0 Å². The quantitative estimate of drug-likeness (QED) is 0.514. The van der Waals surface area contributed by atoms with Gasteiger partial charge in [0.1, 0.15) is 0 Å². The molecule has 0 bridgehead atoms. The lowest BCUT2D eigenvalue weighted by Crippen LogP contribution is -2.43. The van der Waals surface area contributed by atoms with E-state index in [4.69, 9.17) is 0 Å². The normalized spacial score (nSPS) is 16.8. The Morgan fingerprint density at radius 1 is 1.11 bits per heavy atom. The van der Waals surface area contributed by atoms with E-state index in [1.54, 1.807) is 0 Å². The SMILES string of the molecule is C=CCB(CC=C)N1c2ccccc2CC1CC=C. The summed E-state index contributed by atoms with van der Waals surface area (Å²) in [5.74, 6) is 0. The van der Waals surface area contributed by atoms with E-state index in [0.29, 0.717) is 12.9 Å². The number of rotatable bonds is 7. The van der Waals surface area contributed by atoms with Crippen molar-refractivity contribution < 1.29 is 0 Å². The molecule has 0 spiro atoms. The minimum atomic E-state index is 0.462. The second-order valence-corrected chi connectivity index (χ2v) is 5.12. The van der Waals surface area contributed by atoms with Crippen molar-refractivity contribution in [3.05, 3.63) is 67.8 Å². The van der Waals surface area contributed by atoms with Crippen LogP contribution in [0.15, 0.2) is 62.2 Å². The van der Waals surface area contributed by atoms with Gasteiger partial charge in [-0.05, 0) is 37.1 Å². The van der Waals surface area contributed by atoms with Gasteiger partial charge in [-0.25, -0.2) is 0 Å². The number of anilines is 1. The van der Waals surface area contributed by atoms with Crippen LogP contribution < -0.4 is 4.81 Å². The first kappa shape index (κ1) is 13.7. The molecule has 0 fully saturated rings. The van der Waals surface area contributed by atoms with Gasteiger partial charge in [0, 0.05) is 11.7 Å². The summed E-state index contributed by atoms with van der Waals surface area (Å²) in [4.78, 5) is 2.56. The van der Waals surface area contributed by atoms with Gasteiger partial charge < -0.3 is 4.81 Å². The predicted octanol–water partition coefficient (Wildman–Crippen LogP) is 4.36. The molecule has 0 radical (unpaired) electrons. The maximum absolute atomic E-state index is 3.91. The first-order valence-corrected chi connectivity index (χ1v) is 7.00. The van der Waals surface area contributed by atoms with Crippen LogP contribution in [0.3, 0.4) is 0 Å². The molecule has 0 saturated carbocycles. The van der Waals surface area contributed by atoms with Crippen molar-refractivity contribution in [3.8, 4) is 0 Å². The molecule has 19 heavy (non-hydrogen) atoms. The molecular formula is C17H22BN. The molecule has 0 N–H and O–H groups in total. The first-order valence-electron chi connectivity index (χ1n) is 7.00. The van der Waals surface area contributed by atoms with Crippen LogP contribution in [-0.4, -0.2) is 12.9 Å². The van der Waals surface area contributed by atoms with Crippen LogP contribution in [-0.2, 0) is 6.42 Å². The number of para-hydroxylation sites is 1. The van der Waals surface area contributed by atoms with E-state index in [2.05, 4.69) is 48.8 Å². The standard InChI is InChI=1S/C17H22BN/c1-4-9-16-14-15-10-7-8-11-17(15)19(16)18(12-5-2)13-6-3/h4-8,10-11,16H,1-3,9,12-14H2. The second kappa shape index (κ2) is 6.47. The third-order valence-electron chi connectivity index (χ3n) is 3.83. The Labute approximate surface area is 117 Å². The zero-order valence-electron chi connectivity index (χ0n) is 11.6. The van der Waals surface area contributed by atoms with Crippen LogP contribution in [0.4, 0.5) is 5.69 Å². The largest absolute Gasteiger partial charge is 0.411 e. The van der Waals surface area contributed by atoms with Crippen LogP contribution in [0.5, 0.6) is 0 Å². The number of hydrogen-bond donors (Lipinski definition) is 0. The van der Waals surface area contributed by atoms with Crippen LogP contribution in [0.1, 0.15) is 12.0 Å². The van der Waals surface area contributed by atoms with Gasteiger partial charge in [0.2, 0.25) is 0 Å². The molecule has 1 aliphatic rings. The molecule has 1 aromatic rings. The van der Waals surface area contributed by atoms with E-state index in [1.807, 2.05) is 18.2 Å². The van der Waals surface area contributed by atoms with Gasteiger partial charge in [-0.1, -0.05) is 36.4 Å². The Balaban J connectivity index is 2.33. The third-order valence-corrected chi connectivity index (χ3v) is 3.83. The van der Waals surface area contributed by atoms with Crippen LogP contribution in [0.25, 0.3) is 0 Å². The Morgan fingerprint density at radius 3 is 2.42 bits per heavy atom. The number of nitrogens with zero attached hydrogens (tertiary/aromatic N) is 1. The zero-order chi connectivity index (χ0) is 13.7. The van der Waals surface area contributed by atoms with Gasteiger partial charge in [-0.3, -0.25) is 0 Å². The van der Waals surface area contributed by atoms with Gasteiger partial charge in [-0.2, -0.15) is 0 Å². The summed E-state index contributed by atoms with van der Waals surface area (Å²) in [6, 6.07) is 9.26. The molecule has 1 unspecified atom stereocenters. The van der Waals surface area contributed by atoms with E-state index < -0.39 is 0 Å². The molecule has 1 aromatic carbocycles. The van der Waals surface area contributed by atoms with Gasteiger partial charge in [0.15, 0.2) is 0 Å². The molecular weight excluding hydrogens is 229 g/mol. The van der Waals surface area contributed by atoms with Crippen LogP contribution in [0.2, 0.25) is 12.6 Å². The van der Waals surface area contributed by atoms with Crippen LogP contribution in [0, 0.1) is 0 Å². The van der Waals surface area contributed by atoms with E-state index in [1.165, 1.54) is 11.3 Å². The zero-order valence-corrected chi connectivity index (χ0v) is 11.6. The molecule has 1 atom stereocenters. The summed E-state index contributed by atoms with van der Waals surface area (Å²) in [5, 5.41) is 0. The molecule has 1 aliphatic heterocycles. The summed E-state index contributed by atoms with van der Waals surface area (Å²) in [7, 11) is 0. The van der Waals surface area contributed by atoms with Gasteiger partial charge in [0.25, 0.3) is 6.85 Å². The maximum atomic E-state index is 3.91. The molecule has 0 saturated heterocycles. The summed E-state index contributed by atoms with van der Waals surface area (Å²) in [5.41, 5.74) is 2.83. The Bertz CT molecular complexity index is 456. The molecule has 2 heteroatoms. The Kier molecular flexibility index (Phi) is 4.67. The molecule has 98 valence electrons. The summed E-state index contributed by atoms with van der Waals surface area (Å²) in [6.45, 7) is 12.2. The molecule has 0 amide bonds. The fourth-order valence-electron chi connectivity index (χ4n) is 3.08. The second-order valence-electron chi connectivity index (χ2n) is 5.12. The van der Waals surface area contributed by atoms with Gasteiger partial charge >= 0.3 is 0 Å². The number of hydrogen-bond acceptors (Lipinski definition) is 1. The molecule has 0 aromatic heterocycles. The van der Waals surface area contributed by atoms with Crippen molar-refractivity contribution in [1.29, 1.82) is 0 Å². The highest BCUT2D eigenvalue weighted by molar-refractivity contribution is 6.64. The molecule has 1 nitrogen and oxygen atoms in total. The average Bonchev–Trinajstić information content (AvgIpc) is 2.77. The number of fused-ring (bicyclic) bond motifs is 1. The lowest BCUT2D eigenvalue weighted by molar-refractivity contribution is 0.713. The average molecular weight is 251 g/mol. The highest BCUT2D eigenvalue weighted by atomic mass is 15.1. The number of allylic oxidation sites excluding steroid dienone is 2. The van der Waals surface area contributed by atoms with E-state index in [0.717, 1.165) is 25.5 Å². The maximum Gasteiger partial charge on any atom is 0.262 e. The first-order chi connectivity index (χ1) is 9.31. The van der Waals surface area contributed by atoms with Crippen molar-refractivity contribution >= 4 is 12.5 Å². The lowest BCUT2D eigenvalue weighted by atomic mass is 9.53. The fourth-order valence-corrected chi connectivity index (χ4v) is 3.08. The Morgan fingerprint density at radius 2 is 1.79 bits per heavy atom. The summed E-state index contributed by atoms with van der Waals surface area (Å²) in [6.07, 6.45) is 10.2. The summed E-state index contributed by atoms with van der Waals surface area (Å²) >= 11 is 0. The number of benzene rings is 1. The van der Waals surface area contributed by atoms with Gasteiger partial charge in [0.05, 0.1) is 0 Å². The monoisotopic (exact) mass is 251 g/mol. The van der Waals surface area contributed by atoms with E-state index in [9.17, 15) is 0 Å². The van der Waals surface area contributed by atoms with E-state index >= 15 is 0 Å². The topological polar surface area (TPSA) is 3.24 Å². The van der Waals surface area contributed by atoms with Crippen molar-refractivity contribution in [2.75, 3.05) is 4.81 Å². The van der Waals surface area contributed by atoms with E-state index in [-0.39, 0.29) is 0 Å². The lowest BCUT2D eigenvalue weighted by Gasteiger charge is -2.33. The smallest absolute Gasteiger partial charge is 0.262 e. The summed E-state index contributed by atoms with van der Waals surface area (Å²) < 4.78 is 0. The van der Waals surface area contributed by atoms with Gasteiger partial charge in [-0.15, -0.1) is 19.7 Å². The molecule has 1 heterocycles.